The van der Waals surface area contributed by atoms with Gasteiger partial charge in [-0.1, -0.05) is 0 Å². The van der Waals surface area contributed by atoms with Crippen molar-refractivity contribution in [2.45, 2.75) is 38.8 Å². The predicted molar refractivity (Wildman–Crippen MR) is 50.4 cm³/mol. The lowest BCUT2D eigenvalue weighted by Gasteiger charge is -2.18. The minimum Gasteiger partial charge on any atom is -0.468 e. The largest absolute Gasteiger partial charge is 0.468 e. The fourth-order valence-electron chi connectivity index (χ4n) is 0.855. The molecule has 0 spiro atoms. The summed E-state index contributed by atoms with van der Waals surface area (Å²) in [5.41, 5.74) is -0.692. The average Bonchev–Trinajstić information content (AvgIpc) is 2.00. The molecule has 0 amide bonds. The predicted octanol–water partition coefficient (Wildman–Crippen LogP) is 0.298. The molecular weight excluding hydrogens is 170 g/mol. The van der Waals surface area contributed by atoms with E-state index < -0.39 is 5.60 Å². The Morgan fingerprint density at radius 1 is 1.62 bits per heavy atom. The van der Waals surface area contributed by atoms with Crippen LogP contribution >= 0.6 is 0 Å². The lowest BCUT2D eigenvalue weighted by molar-refractivity contribution is -0.142. The quantitative estimate of drug-likeness (QED) is 0.611. The molecule has 0 aromatic heterocycles. The van der Waals surface area contributed by atoms with Crippen LogP contribution < -0.4 is 5.32 Å². The Labute approximate surface area is 79.3 Å². The van der Waals surface area contributed by atoms with Crippen LogP contribution in [-0.4, -0.2) is 36.4 Å². The molecule has 0 saturated carbocycles. The minimum absolute atomic E-state index is 0.282. The molecule has 0 rings (SSSR count). The number of ether oxygens (including phenoxy) is 1. The second kappa shape index (κ2) is 5.19. The molecule has 4 nitrogen and oxygen atoms in total. The van der Waals surface area contributed by atoms with Crippen LogP contribution in [0.5, 0.6) is 0 Å². The maximum Gasteiger partial charge on any atom is 0.322 e. The van der Waals surface area contributed by atoms with Gasteiger partial charge in [0.2, 0.25) is 0 Å². The van der Waals surface area contributed by atoms with Crippen molar-refractivity contribution in [3.8, 4) is 0 Å². The van der Waals surface area contributed by atoms with Gasteiger partial charge in [0.1, 0.15) is 6.04 Å². The Kier molecular flexibility index (Phi) is 4.95. The third kappa shape index (κ3) is 6.54. The molecule has 0 heterocycles. The van der Waals surface area contributed by atoms with E-state index in [0.717, 1.165) is 0 Å². The highest BCUT2D eigenvalue weighted by Gasteiger charge is 2.15. The molecule has 0 aliphatic rings. The van der Waals surface area contributed by atoms with E-state index in [4.69, 9.17) is 0 Å². The van der Waals surface area contributed by atoms with Crippen molar-refractivity contribution in [1.29, 1.82) is 0 Å². The average molecular weight is 189 g/mol. The van der Waals surface area contributed by atoms with E-state index in [1.807, 2.05) is 0 Å². The Morgan fingerprint density at radius 2 is 2.15 bits per heavy atom. The Balaban J connectivity index is 3.59. The summed E-state index contributed by atoms with van der Waals surface area (Å²) in [6.07, 6.45) is 0.605. The van der Waals surface area contributed by atoms with Gasteiger partial charge in [0.15, 0.2) is 0 Å². The van der Waals surface area contributed by atoms with Crippen molar-refractivity contribution in [3.05, 3.63) is 0 Å². The first-order valence-corrected chi connectivity index (χ1v) is 4.40. The van der Waals surface area contributed by atoms with Crippen LogP contribution in [0.2, 0.25) is 0 Å². The summed E-state index contributed by atoms with van der Waals surface area (Å²) in [6.45, 7) is 5.80. The van der Waals surface area contributed by atoms with Crippen LogP contribution in [0.1, 0.15) is 27.2 Å². The van der Waals surface area contributed by atoms with Gasteiger partial charge >= 0.3 is 5.97 Å². The van der Waals surface area contributed by atoms with Crippen molar-refractivity contribution < 1.29 is 14.6 Å². The molecule has 4 heteroatoms. The Bertz CT molecular complexity index is 163. The highest BCUT2D eigenvalue weighted by Crippen LogP contribution is 2.05. The van der Waals surface area contributed by atoms with Gasteiger partial charge in [-0.2, -0.15) is 0 Å². The highest BCUT2D eigenvalue weighted by atomic mass is 16.5. The molecule has 2 N–H and O–H groups in total. The number of hydrogen-bond donors (Lipinski definition) is 2. The molecule has 0 radical (unpaired) electrons. The summed E-state index contributed by atoms with van der Waals surface area (Å²) in [6, 6.07) is -0.313. The number of rotatable bonds is 5. The monoisotopic (exact) mass is 189 g/mol. The first-order chi connectivity index (χ1) is 5.87. The zero-order chi connectivity index (χ0) is 10.5. The lowest BCUT2D eigenvalue weighted by Crippen LogP contribution is -2.37. The summed E-state index contributed by atoms with van der Waals surface area (Å²) < 4.78 is 4.53. The minimum atomic E-state index is -0.692. The van der Waals surface area contributed by atoms with Gasteiger partial charge < -0.3 is 15.2 Å². The van der Waals surface area contributed by atoms with Gasteiger partial charge in [-0.3, -0.25) is 4.79 Å². The van der Waals surface area contributed by atoms with E-state index in [2.05, 4.69) is 10.1 Å². The fourth-order valence-corrected chi connectivity index (χ4v) is 0.855. The summed E-state index contributed by atoms with van der Waals surface area (Å²) in [5, 5.41) is 12.3. The molecule has 78 valence electrons. The smallest absolute Gasteiger partial charge is 0.322 e. The van der Waals surface area contributed by atoms with Crippen LogP contribution in [-0.2, 0) is 9.53 Å². The number of methoxy groups -OCH3 is 1. The molecular formula is C9H19NO3. The van der Waals surface area contributed by atoms with Gasteiger partial charge in [0.25, 0.3) is 0 Å². The van der Waals surface area contributed by atoms with Crippen LogP contribution in [0.15, 0.2) is 0 Å². The van der Waals surface area contributed by atoms with Crippen LogP contribution in [0.25, 0.3) is 0 Å². The van der Waals surface area contributed by atoms with Crippen molar-refractivity contribution in [1.82, 2.24) is 5.32 Å². The van der Waals surface area contributed by atoms with E-state index in [0.29, 0.717) is 13.0 Å². The van der Waals surface area contributed by atoms with E-state index in [1.165, 1.54) is 7.11 Å². The first-order valence-electron chi connectivity index (χ1n) is 4.40. The fraction of sp³-hybridized carbons (Fsp3) is 0.889. The summed E-state index contributed by atoms with van der Waals surface area (Å²) in [5.74, 6) is -0.282. The second-order valence-corrected chi connectivity index (χ2v) is 3.76. The molecule has 0 aliphatic heterocycles. The summed E-state index contributed by atoms with van der Waals surface area (Å²) in [4.78, 5) is 10.9. The molecule has 13 heavy (non-hydrogen) atoms. The second-order valence-electron chi connectivity index (χ2n) is 3.76. The molecule has 0 fully saturated rings. The first kappa shape index (κ1) is 12.4. The summed E-state index contributed by atoms with van der Waals surface area (Å²) >= 11 is 0. The topological polar surface area (TPSA) is 58.6 Å². The van der Waals surface area contributed by atoms with Crippen LogP contribution in [0, 0.1) is 0 Å². The van der Waals surface area contributed by atoms with Gasteiger partial charge in [-0.05, 0) is 33.7 Å². The lowest BCUT2D eigenvalue weighted by atomic mass is 10.1. The molecule has 0 saturated heterocycles. The third-order valence-electron chi connectivity index (χ3n) is 1.74. The van der Waals surface area contributed by atoms with Gasteiger partial charge in [-0.15, -0.1) is 0 Å². The highest BCUT2D eigenvalue weighted by molar-refractivity contribution is 5.74. The van der Waals surface area contributed by atoms with Crippen molar-refractivity contribution >= 4 is 5.97 Å². The normalized spacial score (nSPS) is 13.9. The van der Waals surface area contributed by atoms with E-state index in [-0.39, 0.29) is 12.0 Å². The molecule has 0 aromatic rings. The SMILES string of the molecule is COC(=O)C(C)NCCC(C)(C)O. The van der Waals surface area contributed by atoms with Crippen molar-refractivity contribution in [3.63, 3.8) is 0 Å². The van der Waals surface area contributed by atoms with E-state index in [1.54, 1.807) is 20.8 Å². The molecule has 0 bridgehead atoms. The van der Waals surface area contributed by atoms with Gasteiger partial charge in [0, 0.05) is 0 Å². The standard InChI is InChI=1S/C9H19NO3/c1-7(8(11)13-4)10-6-5-9(2,3)12/h7,10,12H,5-6H2,1-4H3. The van der Waals surface area contributed by atoms with E-state index in [9.17, 15) is 9.90 Å². The Morgan fingerprint density at radius 3 is 2.54 bits per heavy atom. The van der Waals surface area contributed by atoms with Crippen molar-refractivity contribution in [2.75, 3.05) is 13.7 Å². The number of hydrogen-bond acceptors (Lipinski definition) is 4. The van der Waals surface area contributed by atoms with Gasteiger partial charge in [0.05, 0.1) is 12.7 Å². The van der Waals surface area contributed by atoms with E-state index >= 15 is 0 Å². The van der Waals surface area contributed by atoms with Crippen molar-refractivity contribution in [2.24, 2.45) is 0 Å². The number of esters is 1. The van der Waals surface area contributed by atoms with Gasteiger partial charge in [-0.25, -0.2) is 0 Å². The zero-order valence-electron chi connectivity index (χ0n) is 8.76. The molecule has 1 atom stereocenters. The number of carbonyl (C=O) groups excluding carboxylic acids is 1. The summed E-state index contributed by atoms with van der Waals surface area (Å²) in [7, 11) is 1.36. The number of aliphatic hydroxyl groups is 1. The zero-order valence-corrected chi connectivity index (χ0v) is 8.76. The molecule has 0 aliphatic carbocycles. The molecule has 1 unspecified atom stereocenters. The Hall–Kier alpha value is -0.610. The van der Waals surface area contributed by atoms with Crippen LogP contribution in [0.4, 0.5) is 0 Å². The third-order valence-corrected chi connectivity index (χ3v) is 1.74. The maximum atomic E-state index is 10.9. The maximum absolute atomic E-state index is 10.9. The number of nitrogens with one attached hydrogen (secondary N) is 1. The molecule has 0 aromatic carbocycles. The number of carbonyl (C=O) groups is 1. The van der Waals surface area contributed by atoms with Crippen LogP contribution in [0.3, 0.4) is 0 Å².